The van der Waals surface area contributed by atoms with Gasteiger partial charge in [0, 0.05) is 0 Å². The second kappa shape index (κ2) is 4.97. The average Bonchev–Trinajstić information content (AvgIpc) is 1.84. The van der Waals surface area contributed by atoms with Crippen molar-refractivity contribution in [3.8, 4) is 0 Å². The SMILES string of the molecule is C=CCCC(Cl)(Cl)[CH2][Pb]. The molecule has 0 N–H and O–H groups in total. The fraction of sp³-hybridized carbons (Fsp3) is 0.667. The zero-order chi connectivity index (χ0) is 7.33. The summed E-state index contributed by atoms with van der Waals surface area (Å²) in [6.45, 7) is 3.59. The second-order valence-electron chi connectivity index (χ2n) is 1.86. The molecular formula is C6H9Cl2Pb. The number of allylic oxidation sites excluding steroid dienone is 1. The summed E-state index contributed by atoms with van der Waals surface area (Å²) in [5, 5.41) is 0. The molecule has 0 aliphatic rings. The number of hydrogen-bond donors (Lipinski definition) is 0. The van der Waals surface area contributed by atoms with Crippen LogP contribution in [0.4, 0.5) is 0 Å². The Morgan fingerprint density at radius 1 is 1.56 bits per heavy atom. The number of rotatable bonds is 4. The van der Waals surface area contributed by atoms with E-state index in [1.807, 2.05) is 6.08 Å². The molecule has 0 rings (SSSR count). The van der Waals surface area contributed by atoms with Crippen molar-refractivity contribution in [1.82, 2.24) is 0 Å². The molecule has 0 amide bonds. The van der Waals surface area contributed by atoms with Gasteiger partial charge >= 0.3 is 82.8 Å². The van der Waals surface area contributed by atoms with Crippen LogP contribution in [0, 0.1) is 0 Å². The van der Waals surface area contributed by atoms with Crippen molar-refractivity contribution < 1.29 is 0 Å². The molecule has 0 aromatic heterocycles. The first-order valence-corrected chi connectivity index (χ1v) is 6.26. The van der Waals surface area contributed by atoms with Crippen LogP contribution >= 0.6 is 23.2 Å². The van der Waals surface area contributed by atoms with E-state index in [1.54, 1.807) is 0 Å². The third kappa shape index (κ3) is 5.67. The van der Waals surface area contributed by atoms with Crippen LogP contribution in [-0.2, 0) is 0 Å². The molecule has 51 valence electrons. The summed E-state index contributed by atoms with van der Waals surface area (Å²) in [6, 6.07) is 0. The van der Waals surface area contributed by atoms with Gasteiger partial charge in [-0.05, 0) is 0 Å². The molecule has 0 aromatic rings. The molecule has 0 aromatic carbocycles. The summed E-state index contributed by atoms with van der Waals surface area (Å²) >= 11 is 12.8. The third-order valence-corrected chi connectivity index (χ3v) is 5.71. The topological polar surface area (TPSA) is 0 Å². The average molecular weight is 359 g/mol. The van der Waals surface area contributed by atoms with Crippen LogP contribution in [0.15, 0.2) is 12.7 Å². The van der Waals surface area contributed by atoms with E-state index in [1.165, 1.54) is 0 Å². The van der Waals surface area contributed by atoms with E-state index in [2.05, 4.69) is 6.58 Å². The number of alkyl halides is 2. The van der Waals surface area contributed by atoms with Crippen molar-refractivity contribution in [3.05, 3.63) is 12.7 Å². The molecule has 0 nitrogen and oxygen atoms in total. The van der Waals surface area contributed by atoms with Crippen molar-refractivity contribution >= 4 is 49.0 Å². The molecule has 9 heavy (non-hydrogen) atoms. The van der Waals surface area contributed by atoms with Crippen LogP contribution in [0.2, 0.25) is 3.98 Å². The van der Waals surface area contributed by atoms with E-state index < -0.39 is 4.33 Å². The summed E-state index contributed by atoms with van der Waals surface area (Å²) in [6.07, 6.45) is 3.59. The van der Waals surface area contributed by atoms with E-state index in [0.29, 0.717) is 0 Å². The van der Waals surface area contributed by atoms with Crippen molar-refractivity contribution in [2.24, 2.45) is 0 Å². The number of halogens is 2. The zero-order valence-corrected chi connectivity index (χ0v) is 10.6. The predicted molar refractivity (Wildman–Crippen MR) is 44.4 cm³/mol. The molecule has 0 atom stereocenters. The van der Waals surface area contributed by atoms with Crippen molar-refractivity contribution in [3.63, 3.8) is 0 Å². The second-order valence-corrected chi connectivity index (χ2v) is 4.87. The maximum atomic E-state index is 5.85. The van der Waals surface area contributed by atoms with E-state index in [9.17, 15) is 0 Å². The minimum atomic E-state index is -0.472. The van der Waals surface area contributed by atoms with Gasteiger partial charge in [-0.1, -0.05) is 0 Å². The summed E-state index contributed by atoms with van der Waals surface area (Å²) < 4.78 is 0.463. The molecule has 3 radical (unpaired) electrons. The van der Waals surface area contributed by atoms with Crippen molar-refractivity contribution in [1.29, 1.82) is 0 Å². The van der Waals surface area contributed by atoms with Gasteiger partial charge in [0.1, 0.15) is 0 Å². The minimum absolute atomic E-state index is 0.472. The van der Waals surface area contributed by atoms with Crippen LogP contribution in [0.1, 0.15) is 12.8 Å². The monoisotopic (exact) mass is 359 g/mol. The molecular weight excluding hydrogens is 350 g/mol. The fourth-order valence-corrected chi connectivity index (χ4v) is 1.31. The van der Waals surface area contributed by atoms with Gasteiger partial charge in [0.15, 0.2) is 0 Å². The van der Waals surface area contributed by atoms with Crippen LogP contribution in [0.3, 0.4) is 0 Å². The molecule has 0 aliphatic heterocycles. The molecule has 0 saturated carbocycles. The molecule has 0 saturated heterocycles. The molecule has 0 heterocycles. The van der Waals surface area contributed by atoms with Gasteiger partial charge in [0.05, 0.1) is 0 Å². The Morgan fingerprint density at radius 2 is 2.11 bits per heavy atom. The molecule has 0 unspecified atom stereocenters. The Hall–Kier alpha value is 1.24. The van der Waals surface area contributed by atoms with Crippen LogP contribution in [0.25, 0.3) is 0 Å². The maximum absolute atomic E-state index is 5.85. The molecule has 0 aliphatic carbocycles. The first kappa shape index (κ1) is 10.2. The Balaban J connectivity index is 3.44. The molecule has 0 bridgehead atoms. The predicted octanol–water partition coefficient (Wildman–Crippen LogP) is 2.71. The Bertz CT molecular complexity index is 91.1. The van der Waals surface area contributed by atoms with Crippen molar-refractivity contribution in [2.75, 3.05) is 0 Å². The number of hydrogen-bond acceptors (Lipinski definition) is 0. The summed E-state index contributed by atoms with van der Waals surface area (Å²) in [7, 11) is 0. The molecule has 0 fully saturated rings. The van der Waals surface area contributed by atoms with Gasteiger partial charge in [-0.15, -0.1) is 0 Å². The zero-order valence-electron chi connectivity index (χ0n) is 5.16. The van der Waals surface area contributed by atoms with E-state index in [0.717, 1.165) is 42.6 Å². The van der Waals surface area contributed by atoms with E-state index in [-0.39, 0.29) is 0 Å². The first-order chi connectivity index (χ1) is 4.12. The van der Waals surface area contributed by atoms with Crippen molar-refractivity contribution in [2.45, 2.75) is 21.2 Å². The summed E-state index contributed by atoms with van der Waals surface area (Å²) in [5.41, 5.74) is 0. The van der Waals surface area contributed by atoms with Gasteiger partial charge in [0.25, 0.3) is 0 Å². The molecule has 3 heteroatoms. The van der Waals surface area contributed by atoms with E-state index >= 15 is 0 Å². The van der Waals surface area contributed by atoms with Crippen LogP contribution < -0.4 is 0 Å². The quantitative estimate of drug-likeness (QED) is 0.411. The first-order valence-electron chi connectivity index (χ1n) is 2.76. The van der Waals surface area contributed by atoms with Gasteiger partial charge in [-0.25, -0.2) is 0 Å². The molecule has 0 spiro atoms. The third-order valence-electron chi connectivity index (χ3n) is 0.973. The van der Waals surface area contributed by atoms with Gasteiger partial charge in [-0.3, -0.25) is 0 Å². The Labute approximate surface area is 82.3 Å². The van der Waals surface area contributed by atoms with Gasteiger partial charge in [0.2, 0.25) is 0 Å². The van der Waals surface area contributed by atoms with Crippen LogP contribution in [0.5, 0.6) is 0 Å². The van der Waals surface area contributed by atoms with E-state index in [4.69, 9.17) is 23.2 Å². The van der Waals surface area contributed by atoms with Crippen LogP contribution in [-0.4, -0.2) is 30.1 Å². The summed E-state index contributed by atoms with van der Waals surface area (Å²) in [4.78, 5) is 0. The Kier molecular flexibility index (Phi) is 5.65. The summed E-state index contributed by atoms with van der Waals surface area (Å²) in [5.74, 6) is 0. The standard InChI is InChI=1S/C6H9Cl2.Pb/c1-3-4-5-6(2,7)8;/h3H,1-2,4-5H2;. The van der Waals surface area contributed by atoms with Gasteiger partial charge < -0.3 is 0 Å². The Morgan fingerprint density at radius 3 is 2.44 bits per heavy atom. The fourth-order valence-electron chi connectivity index (χ4n) is 0.402. The van der Waals surface area contributed by atoms with Gasteiger partial charge in [-0.2, -0.15) is 0 Å². The normalized spacial score (nSPS) is 11.4.